The van der Waals surface area contributed by atoms with Crippen LogP contribution in [0.5, 0.6) is 5.75 Å². The Kier molecular flexibility index (Phi) is 5.86. The Bertz CT molecular complexity index is 836. The molecule has 1 atom stereocenters. The number of halogens is 1. The summed E-state index contributed by atoms with van der Waals surface area (Å²) in [4.78, 5) is 26.2. The number of benzene rings is 2. The normalized spacial score (nSPS) is 15.3. The number of carbonyl (C=O) groups excluding carboxylic acids is 2. The second-order valence-corrected chi connectivity index (χ2v) is 7.00. The number of amides is 1. The fraction of sp³-hybridized carbons (Fsp3) is 0.300. The third-order valence-electron chi connectivity index (χ3n) is 4.28. The molecule has 0 saturated carbocycles. The number of nitrogens with zero attached hydrogens (tertiary/aromatic N) is 1. The van der Waals surface area contributed by atoms with Crippen molar-refractivity contribution in [3.05, 3.63) is 53.1 Å². The number of rotatable bonds is 5. The molecule has 1 N–H and O–H groups in total. The number of esters is 1. The SMILES string of the molecule is CN(C)c1ccc(NC(=O)COC(=O)[C@H]2COc3ccc(Cl)cc3C2)cc1. The molecule has 1 heterocycles. The number of fused-ring (bicyclic) bond motifs is 1. The van der Waals surface area contributed by atoms with E-state index in [2.05, 4.69) is 5.32 Å². The maximum absolute atomic E-state index is 12.2. The Hall–Kier alpha value is -2.73. The van der Waals surface area contributed by atoms with Crippen molar-refractivity contribution in [3.63, 3.8) is 0 Å². The molecule has 3 rings (SSSR count). The number of nitrogens with one attached hydrogen (secondary N) is 1. The standard InChI is InChI=1S/C20H21ClN2O4/c1-23(2)17-6-4-16(5-7-17)22-19(24)12-27-20(25)14-9-13-10-15(21)3-8-18(13)26-11-14/h3-8,10,14H,9,11-12H2,1-2H3,(H,22,24)/t14-/m1/s1. The predicted octanol–water partition coefficient (Wildman–Crippen LogP) is 3.14. The zero-order chi connectivity index (χ0) is 19.4. The molecule has 2 aromatic rings. The Balaban J connectivity index is 1.49. The fourth-order valence-corrected chi connectivity index (χ4v) is 3.00. The minimum absolute atomic E-state index is 0.223. The van der Waals surface area contributed by atoms with E-state index in [9.17, 15) is 9.59 Å². The van der Waals surface area contributed by atoms with Crippen molar-refractivity contribution in [2.45, 2.75) is 6.42 Å². The summed E-state index contributed by atoms with van der Waals surface area (Å²) < 4.78 is 10.7. The zero-order valence-electron chi connectivity index (χ0n) is 15.2. The summed E-state index contributed by atoms with van der Waals surface area (Å²) in [5.74, 6) is -0.578. The summed E-state index contributed by atoms with van der Waals surface area (Å²) in [5.41, 5.74) is 2.53. The molecule has 2 aromatic carbocycles. The molecule has 0 aliphatic carbocycles. The van der Waals surface area contributed by atoms with E-state index < -0.39 is 11.9 Å². The van der Waals surface area contributed by atoms with Gasteiger partial charge in [0.15, 0.2) is 6.61 Å². The maximum atomic E-state index is 12.2. The molecule has 1 aliphatic rings. The molecule has 0 saturated heterocycles. The molecule has 0 radical (unpaired) electrons. The van der Waals surface area contributed by atoms with Gasteiger partial charge in [-0.05, 0) is 54.4 Å². The maximum Gasteiger partial charge on any atom is 0.313 e. The van der Waals surface area contributed by atoms with Gasteiger partial charge in [0.1, 0.15) is 12.4 Å². The molecule has 0 bridgehead atoms. The van der Waals surface area contributed by atoms with E-state index >= 15 is 0 Å². The summed E-state index contributed by atoms with van der Waals surface area (Å²) in [6, 6.07) is 12.7. The lowest BCUT2D eigenvalue weighted by atomic mass is 9.97. The molecule has 142 valence electrons. The molecule has 6 nitrogen and oxygen atoms in total. The van der Waals surface area contributed by atoms with Crippen molar-refractivity contribution in [1.29, 1.82) is 0 Å². The van der Waals surface area contributed by atoms with Crippen LogP contribution in [0.1, 0.15) is 5.56 Å². The van der Waals surface area contributed by atoms with Gasteiger partial charge < -0.3 is 19.7 Å². The van der Waals surface area contributed by atoms with Crippen molar-refractivity contribution in [2.75, 3.05) is 37.5 Å². The van der Waals surface area contributed by atoms with Gasteiger partial charge in [0.2, 0.25) is 0 Å². The lowest BCUT2D eigenvalue weighted by Crippen LogP contribution is -2.32. The van der Waals surface area contributed by atoms with E-state index in [1.165, 1.54) is 0 Å². The average Bonchev–Trinajstić information content (AvgIpc) is 2.66. The van der Waals surface area contributed by atoms with Gasteiger partial charge in [-0.15, -0.1) is 0 Å². The number of hydrogen-bond donors (Lipinski definition) is 1. The predicted molar refractivity (Wildman–Crippen MR) is 104 cm³/mol. The van der Waals surface area contributed by atoms with E-state index in [4.69, 9.17) is 21.1 Å². The van der Waals surface area contributed by atoms with Gasteiger partial charge in [0.25, 0.3) is 5.91 Å². The number of carbonyl (C=O) groups is 2. The molecule has 0 unspecified atom stereocenters. The van der Waals surface area contributed by atoms with Gasteiger partial charge in [-0.3, -0.25) is 9.59 Å². The first-order valence-corrected chi connectivity index (χ1v) is 8.95. The van der Waals surface area contributed by atoms with Crippen LogP contribution in [-0.2, 0) is 20.7 Å². The first-order chi connectivity index (χ1) is 12.9. The number of hydrogen-bond acceptors (Lipinski definition) is 5. The first kappa shape index (κ1) is 19.0. The van der Waals surface area contributed by atoms with Gasteiger partial charge in [0.05, 0.1) is 5.92 Å². The van der Waals surface area contributed by atoms with E-state index in [0.29, 0.717) is 17.1 Å². The topological polar surface area (TPSA) is 67.9 Å². The third kappa shape index (κ3) is 4.92. The summed E-state index contributed by atoms with van der Waals surface area (Å²) in [5, 5.41) is 3.30. The van der Waals surface area contributed by atoms with Crippen molar-refractivity contribution in [3.8, 4) is 5.75 Å². The summed E-state index contributed by atoms with van der Waals surface area (Å²) in [7, 11) is 3.88. The van der Waals surface area contributed by atoms with E-state index in [0.717, 1.165) is 17.0 Å². The highest BCUT2D eigenvalue weighted by Gasteiger charge is 2.28. The smallest absolute Gasteiger partial charge is 0.313 e. The molecular formula is C20H21ClN2O4. The van der Waals surface area contributed by atoms with Crippen molar-refractivity contribution in [2.24, 2.45) is 5.92 Å². The van der Waals surface area contributed by atoms with Gasteiger partial charge in [-0.2, -0.15) is 0 Å². The first-order valence-electron chi connectivity index (χ1n) is 8.57. The number of ether oxygens (including phenoxy) is 2. The van der Waals surface area contributed by atoms with Crippen LogP contribution in [0.15, 0.2) is 42.5 Å². The molecule has 0 spiro atoms. The monoisotopic (exact) mass is 388 g/mol. The van der Waals surface area contributed by atoms with Gasteiger partial charge in [-0.25, -0.2) is 0 Å². The second-order valence-electron chi connectivity index (χ2n) is 6.56. The highest BCUT2D eigenvalue weighted by atomic mass is 35.5. The molecule has 1 amide bonds. The zero-order valence-corrected chi connectivity index (χ0v) is 16.0. The quantitative estimate of drug-likeness (QED) is 0.797. The molecule has 7 heteroatoms. The molecular weight excluding hydrogens is 368 g/mol. The van der Waals surface area contributed by atoms with Crippen LogP contribution < -0.4 is 15.0 Å². The number of anilines is 2. The average molecular weight is 389 g/mol. The summed E-state index contributed by atoms with van der Waals surface area (Å²) in [6.45, 7) is -0.117. The van der Waals surface area contributed by atoms with Gasteiger partial charge in [0, 0.05) is 30.5 Å². The summed E-state index contributed by atoms with van der Waals surface area (Å²) in [6.07, 6.45) is 0.475. The summed E-state index contributed by atoms with van der Waals surface area (Å²) >= 11 is 5.98. The van der Waals surface area contributed by atoms with Crippen LogP contribution >= 0.6 is 11.6 Å². The van der Waals surface area contributed by atoms with Crippen molar-refractivity contribution < 1.29 is 19.1 Å². The van der Waals surface area contributed by atoms with Crippen LogP contribution in [0, 0.1) is 5.92 Å². The Morgan fingerprint density at radius 2 is 1.96 bits per heavy atom. The van der Waals surface area contributed by atoms with Crippen LogP contribution in [0.4, 0.5) is 11.4 Å². The lowest BCUT2D eigenvalue weighted by Gasteiger charge is -2.24. The molecule has 27 heavy (non-hydrogen) atoms. The lowest BCUT2D eigenvalue weighted by molar-refractivity contribution is -0.152. The minimum atomic E-state index is -0.460. The Morgan fingerprint density at radius 3 is 2.67 bits per heavy atom. The third-order valence-corrected chi connectivity index (χ3v) is 4.51. The van der Waals surface area contributed by atoms with Gasteiger partial charge in [-0.1, -0.05) is 11.6 Å². The van der Waals surface area contributed by atoms with E-state index in [1.807, 2.05) is 31.1 Å². The van der Waals surface area contributed by atoms with E-state index in [1.54, 1.807) is 30.3 Å². The molecule has 0 fully saturated rings. The highest BCUT2D eigenvalue weighted by molar-refractivity contribution is 6.30. The van der Waals surface area contributed by atoms with Crippen LogP contribution in [0.25, 0.3) is 0 Å². The second kappa shape index (κ2) is 8.31. The minimum Gasteiger partial charge on any atom is -0.492 e. The molecule has 1 aliphatic heterocycles. The Morgan fingerprint density at radius 1 is 1.22 bits per heavy atom. The van der Waals surface area contributed by atoms with Crippen LogP contribution in [-0.4, -0.2) is 39.2 Å². The highest BCUT2D eigenvalue weighted by Crippen LogP contribution is 2.30. The van der Waals surface area contributed by atoms with Crippen LogP contribution in [0.2, 0.25) is 5.02 Å². The van der Waals surface area contributed by atoms with Crippen molar-refractivity contribution >= 4 is 34.9 Å². The Labute approximate surface area is 163 Å². The largest absolute Gasteiger partial charge is 0.492 e. The van der Waals surface area contributed by atoms with Crippen molar-refractivity contribution in [1.82, 2.24) is 0 Å². The van der Waals surface area contributed by atoms with Crippen LogP contribution in [0.3, 0.4) is 0 Å². The fourth-order valence-electron chi connectivity index (χ4n) is 2.81. The van der Waals surface area contributed by atoms with Gasteiger partial charge >= 0.3 is 5.97 Å². The molecule has 0 aromatic heterocycles. The van der Waals surface area contributed by atoms with E-state index in [-0.39, 0.29) is 19.1 Å².